The molecule has 0 aliphatic heterocycles. The zero-order valence-corrected chi connectivity index (χ0v) is 10.4. The van der Waals surface area contributed by atoms with Crippen molar-refractivity contribution in [2.24, 2.45) is 0 Å². The summed E-state index contributed by atoms with van der Waals surface area (Å²) < 4.78 is 5.39. The van der Waals surface area contributed by atoms with Crippen LogP contribution in [0.4, 0.5) is 0 Å². The summed E-state index contributed by atoms with van der Waals surface area (Å²) in [6.07, 6.45) is 0.00894. The number of halogens is 1. The molecule has 4 nitrogen and oxygen atoms in total. The van der Waals surface area contributed by atoms with Crippen molar-refractivity contribution in [2.75, 3.05) is 0 Å². The molecule has 0 spiro atoms. The van der Waals surface area contributed by atoms with Crippen LogP contribution >= 0.6 is 22.9 Å². The Hall–Kier alpha value is -1.20. The molecule has 0 saturated heterocycles. The van der Waals surface area contributed by atoms with Crippen LogP contribution in [0.25, 0.3) is 10.7 Å². The van der Waals surface area contributed by atoms with Crippen LogP contribution in [0.5, 0.6) is 6.01 Å². The molecule has 2 rings (SSSR count). The first-order chi connectivity index (χ1) is 7.65. The van der Waals surface area contributed by atoms with Gasteiger partial charge in [-0.05, 0) is 36.9 Å². The second-order valence-corrected chi connectivity index (χ2v) is 4.64. The Labute approximate surface area is 102 Å². The molecule has 0 aliphatic rings. The normalized spacial score (nSPS) is 10.8. The van der Waals surface area contributed by atoms with E-state index in [2.05, 4.69) is 15.0 Å². The maximum absolute atomic E-state index is 5.81. The second-order valence-electron chi connectivity index (χ2n) is 3.35. The first kappa shape index (κ1) is 11.3. The van der Waals surface area contributed by atoms with Crippen molar-refractivity contribution in [2.45, 2.75) is 20.0 Å². The average molecular weight is 256 g/mol. The lowest BCUT2D eigenvalue weighted by atomic mass is 10.4. The molecule has 2 aromatic rings. The predicted molar refractivity (Wildman–Crippen MR) is 63.9 cm³/mol. The summed E-state index contributed by atoms with van der Waals surface area (Å²) in [7, 11) is 0. The summed E-state index contributed by atoms with van der Waals surface area (Å²) in [5.41, 5.74) is 0. The van der Waals surface area contributed by atoms with Gasteiger partial charge < -0.3 is 4.74 Å². The predicted octanol–water partition coefficient (Wildman–Crippen LogP) is 3.04. The standard InChI is InChI=1S/C10H10ClN3OS/c1-6(2)15-10-13-8(12-9(11)14-10)7-4-3-5-16-7/h3-6H,1-2H3. The molecule has 0 aliphatic carbocycles. The largest absolute Gasteiger partial charge is 0.461 e. The zero-order valence-electron chi connectivity index (χ0n) is 8.85. The van der Waals surface area contributed by atoms with Gasteiger partial charge in [-0.3, -0.25) is 0 Å². The molecule has 84 valence electrons. The van der Waals surface area contributed by atoms with Crippen molar-refractivity contribution in [1.29, 1.82) is 0 Å². The Bertz CT molecular complexity index is 473. The fraction of sp³-hybridized carbons (Fsp3) is 0.300. The van der Waals surface area contributed by atoms with Gasteiger partial charge in [0.05, 0.1) is 11.0 Å². The second kappa shape index (κ2) is 4.76. The minimum absolute atomic E-state index is 0.00894. The van der Waals surface area contributed by atoms with E-state index in [4.69, 9.17) is 16.3 Å². The van der Waals surface area contributed by atoms with Crippen molar-refractivity contribution >= 4 is 22.9 Å². The molecule has 0 amide bonds. The molecule has 16 heavy (non-hydrogen) atoms. The van der Waals surface area contributed by atoms with Gasteiger partial charge in [-0.1, -0.05) is 6.07 Å². The summed E-state index contributed by atoms with van der Waals surface area (Å²) in [6, 6.07) is 4.12. The van der Waals surface area contributed by atoms with Crippen LogP contribution in [0.15, 0.2) is 17.5 Å². The van der Waals surface area contributed by atoms with Crippen LogP contribution in [-0.4, -0.2) is 21.1 Å². The third-order valence-corrected chi connectivity index (χ3v) is 2.71. The van der Waals surface area contributed by atoms with Crippen LogP contribution in [0, 0.1) is 0 Å². The van der Waals surface area contributed by atoms with Crippen LogP contribution in [0.1, 0.15) is 13.8 Å². The van der Waals surface area contributed by atoms with Crippen molar-refractivity contribution in [3.8, 4) is 16.7 Å². The Morgan fingerprint density at radius 2 is 2.12 bits per heavy atom. The highest BCUT2D eigenvalue weighted by molar-refractivity contribution is 7.13. The van der Waals surface area contributed by atoms with Gasteiger partial charge in [0, 0.05) is 0 Å². The molecular weight excluding hydrogens is 246 g/mol. The smallest absolute Gasteiger partial charge is 0.321 e. The SMILES string of the molecule is CC(C)Oc1nc(Cl)nc(-c2cccs2)n1. The van der Waals surface area contributed by atoms with Crippen molar-refractivity contribution < 1.29 is 4.74 Å². The molecule has 0 N–H and O–H groups in total. The van der Waals surface area contributed by atoms with E-state index in [1.165, 1.54) is 0 Å². The van der Waals surface area contributed by atoms with E-state index < -0.39 is 0 Å². The Kier molecular flexibility index (Phi) is 3.36. The molecule has 0 saturated carbocycles. The van der Waals surface area contributed by atoms with Crippen LogP contribution in [0.3, 0.4) is 0 Å². The summed E-state index contributed by atoms with van der Waals surface area (Å²) >= 11 is 7.36. The minimum Gasteiger partial charge on any atom is -0.461 e. The third kappa shape index (κ3) is 2.68. The summed E-state index contributed by atoms with van der Waals surface area (Å²) in [5, 5.41) is 2.10. The number of hydrogen-bond donors (Lipinski definition) is 0. The van der Waals surface area contributed by atoms with Gasteiger partial charge in [0.25, 0.3) is 0 Å². The fourth-order valence-corrected chi connectivity index (χ4v) is 1.92. The van der Waals surface area contributed by atoms with Crippen LogP contribution in [-0.2, 0) is 0 Å². The number of thiophene rings is 1. The molecule has 6 heteroatoms. The van der Waals surface area contributed by atoms with Gasteiger partial charge in [0.15, 0.2) is 5.82 Å². The van der Waals surface area contributed by atoms with E-state index in [0.717, 1.165) is 4.88 Å². The maximum Gasteiger partial charge on any atom is 0.321 e. The Morgan fingerprint density at radius 3 is 2.75 bits per heavy atom. The van der Waals surface area contributed by atoms with E-state index in [-0.39, 0.29) is 17.4 Å². The number of aromatic nitrogens is 3. The van der Waals surface area contributed by atoms with Crippen molar-refractivity contribution in [1.82, 2.24) is 15.0 Å². The van der Waals surface area contributed by atoms with Gasteiger partial charge in [-0.15, -0.1) is 11.3 Å². The first-order valence-electron chi connectivity index (χ1n) is 4.77. The summed E-state index contributed by atoms with van der Waals surface area (Å²) in [4.78, 5) is 13.1. The molecule has 0 bridgehead atoms. The lowest BCUT2D eigenvalue weighted by Crippen LogP contribution is -2.09. The third-order valence-electron chi connectivity index (χ3n) is 1.67. The molecule has 0 atom stereocenters. The number of ether oxygens (including phenoxy) is 1. The molecule has 0 fully saturated rings. The molecule has 0 radical (unpaired) electrons. The van der Waals surface area contributed by atoms with Crippen molar-refractivity contribution in [3.05, 3.63) is 22.8 Å². The molecule has 0 aromatic carbocycles. The first-order valence-corrected chi connectivity index (χ1v) is 6.03. The number of hydrogen-bond acceptors (Lipinski definition) is 5. The number of rotatable bonds is 3. The molecule has 2 aromatic heterocycles. The average Bonchev–Trinajstić information content (AvgIpc) is 2.67. The molecular formula is C10H10ClN3OS. The highest BCUT2D eigenvalue weighted by Gasteiger charge is 2.09. The van der Waals surface area contributed by atoms with E-state index >= 15 is 0 Å². The van der Waals surface area contributed by atoms with Crippen LogP contribution in [0.2, 0.25) is 5.28 Å². The topological polar surface area (TPSA) is 47.9 Å². The lowest BCUT2D eigenvalue weighted by molar-refractivity contribution is 0.222. The quantitative estimate of drug-likeness (QED) is 0.846. The molecule has 0 unspecified atom stereocenters. The van der Waals surface area contributed by atoms with Gasteiger partial charge in [-0.25, -0.2) is 0 Å². The van der Waals surface area contributed by atoms with Gasteiger partial charge >= 0.3 is 6.01 Å². The minimum atomic E-state index is 0.00894. The van der Waals surface area contributed by atoms with Crippen molar-refractivity contribution in [3.63, 3.8) is 0 Å². The highest BCUT2D eigenvalue weighted by atomic mass is 35.5. The van der Waals surface area contributed by atoms with E-state index in [1.54, 1.807) is 11.3 Å². The van der Waals surface area contributed by atoms with E-state index in [9.17, 15) is 0 Å². The van der Waals surface area contributed by atoms with Gasteiger partial charge in [-0.2, -0.15) is 15.0 Å². The van der Waals surface area contributed by atoms with Crippen LogP contribution < -0.4 is 4.74 Å². The number of nitrogens with zero attached hydrogens (tertiary/aromatic N) is 3. The Balaban J connectivity index is 2.36. The Morgan fingerprint density at radius 1 is 1.31 bits per heavy atom. The lowest BCUT2D eigenvalue weighted by Gasteiger charge is -2.07. The molecule has 2 heterocycles. The van der Waals surface area contributed by atoms with E-state index in [1.807, 2.05) is 31.4 Å². The summed E-state index contributed by atoms with van der Waals surface area (Å²) in [5.74, 6) is 0.547. The van der Waals surface area contributed by atoms with Gasteiger partial charge in [0.2, 0.25) is 5.28 Å². The monoisotopic (exact) mass is 255 g/mol. The zero-order chi connectivity index (χ0) is 11.5. The highest BCUT2D eigenvalue weighted by Crippen LogP contribution is 2.23. The summed E-state index contributed by atoms with van der Waals surface area (Å²) in [6.45, 7) is 3.81. The van der Waals surface area contributed by atoms with Gasteiger partial charge in [0.1, 0.15) is 0 Å². The maximum atomic E-state index is 5.81. The van der Waals surface area contributed by atoms with E-state index in [0.29, 0.717) is 5.82 Å². The fourth-order valence-electron chi connectivity index (χ4n) is 1.11.